The van der Waals surface area contributed by atoms with Gasteiger partial charge in [-0.15, -0.1) is 0 Å². The van der Waals surface area contributed by atoms with E-state index in [-0.39, 0.29) is 5.91 Å². The molecule has 2 rings (SSSR count). The molecule has 1 aromatic rings. The zero-order valence-corrected chi connectivity index (χ0v) is 9.76. The van der Waals surface area contributed by atoms with Crippen molar-refractivity contribution in [2.24, 2.45) is 0 Å². The number of carbonyl (C=O) groups excluding carboxylic acids is 1. The lowest BCUT2D eigenvalue weighted by atomic mass is 10.2. The summed E-state index contributed by atoms with van der Waals surface area (Å²) in [6.45, 7) is 6.30. The van der Waals surface area contributed by atoms with Gasteiger partial charge in [-0.25, -0.2) is 0 Å². The number of pyridine rings is 1. The van der Waals surface area contributed by atoms with Crippen LogP contribution in [0.1, 0.15) is 11.3 Å². The number of rotatable bonds is 3. The molecule has 0 aromatic carbocycles. The van der Waals surface area contributed by atoms with Gasteiger partial charge in [-0.05, 0) is 11.6 Å². The zero-order chi connectivity index (χ0) is 12.1. The number of nitrogens with zero attached hydrogens (tertiary/aromatic N) is 2. The maximum Gasteiger partial charge on any atom is 0.228 e. The molecule has 1 fully saturated rings. The fourth-order valence-corrected chi connectivity index (χ4v) is 1.74. The van der Waals surface area contributed by atoms with Gasteiger partial charge in [-0.1, -0.05) is 18.7 Å². The number of aromatic nitrogens is 1. The number of ether oxygens (including phenoxy) is 1. The maximum atomic E-state index is 11.9. The van der Waals surface area contributed by atoms with Crippen molar-refractivity contribution < 1.29 is 9.53 Å². The van der Waals surface area contributed by atoms with Gasteiger partial charge in [0.25, 0.3) is 0 Å². The molecule has 2 heterocycles. The lowest BCUT2D eigenvalue weighted by Crippen LogP contribution is -2.41. The molecule has 0 saturated carbocycles. The summed E-state index contributed by atoms with van der Waals surface area (Å²) >= 11 is 0. The third kappa shape index (κ3) is 3.14. The van der Waals surface area contributed by atoms with Crippen molar-refractivity contribution in [3.8, 4) is 0 Å². The molecule has 0 bridgehead atoms. The minimum atomic E-state index is 0.118. The van der Waals surface area contributed by atoms with E-state index in [0.29, 0.717) is 32.7 Å². The standard InChI is InChI=1S/C13H16N2O2/c1-2-11-3-4-12(14-10-11)9-13(16)15-5-7-17-8-6-15/h2-4,10H,1,5-9H2. The van der Waals surface area contributed by atoms with Crippen molar-refractivity contribution in [1.82, 2.24) is 9.88 Å². The molecule has 0 radical (unpaired) electrons. The van der Waals surface area contributed by atoms with E-state index in [1.807, 2.05) is 17.0 Å². The fraction of sp³-hybridized carbons (Fsp3) is 0.385. The lowest BCUT2D eigenvalue weighted by Gasteiger charge is -2.26. The van der Waals surface area contributed by atoms with E-state index >= 15 is 0 Å². The van der Waals surface area contributed by atoms with Gasteiger partial charge in [0, 0.05) is 25.0 Å². The van der Waals surface area contributed by atoms with E-state index in [1.54, 1.807) is 12.3 Å². The van der Waals surface area contributed by atoms with E-state index in [9.17, 15) is 4.79 Å². The van der Waals surface area contributed by atoms with Gasteiger partial charge in [-0.3, -0.25) is 9.78 Å². The van der Waals surface area contributed by atoms with Gasteiger partial charge < -0.3 is 9.64 Å². The van der Waals surface area contributed by atoms with Crippen molar-refractivity contribution >= 4 is 12.0 Å². The van der Waals surface area contributed by atoms with Crippen LogP contribution in [-0.2, 0) is 16.0 Å². The second-order valence-electron chi connectivity index (χ2n) is 3.96. The SMILES string of the molecule is C=Cc1ccc(CC(=O)N2CCOCC2)nc1. The Morgan fingerprint density at radius 2 is 2.24 bits per heavy atom. The Morgan fingerprint density at radius 1 is 1.47 bits per heavy atom. The Bertz CT molecular complexity index is 394. The van der Waals surface area contributed by atoms with Gasteiger partial charge in [0.2, 0.25) is 5.91 Å². The Morgan fingerprint density at radius 3 is 2.82 bits per heavy atom. The smallest absolute Gasteiger partial charge is 0.228 e. The molecular weight excluding hydrogens is 216 g/mol. The van der Waals surface area contributed by atoms with E-state index < -0.39 is 0 Å². The maximum absolute atomic E-state index is 11.9. The van der Waals surface area contributed by atoms with Gasteiger partial charge >= 0.3 is 0 Å². The summed E-state index contributed by atoms with van der Waals surface area (Å²) in [7, 11) is 0. The van der Waals surface area contributed by atoms with Crippen LogP contribution in [0.4, 0.5) is 0 Å². The fourth-order valence-electron chi connectivity index (χ4n) is 1.74. The van der Waals surface area contributed by atoms with Crippen LogP contribution in [0.3, 0.4) is 0 Å². The minimum absolute atomic E-state index is 0.118. The predicted octanol–water partition coefficient (Wildman–Crippen LogP) is 1.13. The van der Waals surface area contributed by atoms with Crippen LogP contribution < -0.4 is 0 Å². The van der Waals surface area contributed by atoms with E-state index in [2.05, 4.69) is 11.6 Å². The molecule has 1 aliphatic rings. The molecule has 0 aliphatic carbocycles. The van der Waals surface area contributed by atoms with Gasteiger partial charge in [0.1, 0.15) is 0 Å². The molecule has 1 amide bonds. The first-order valence-electron chi connectivity index (χ1n) is 5.72. The third-order valence-corrected chi connectivity index (χ3v) is 2.78. The second-order valence-corrected chi connectivity index (χ2v) is 3.96. The Kier molecular flexibility index (Phi) is 3.88. The minimum Gasteiger partial charge on any atom is -0.378 e. The molecular formula is C13H16N2O2. The molecule has 1 aromatic heterocycles. The highest BCUT2D eigenvalue weighted by Crippen LogP contribution is 2.05. The van der Waals surface area contributed by atoms with Crippen LogP contribution in [0.25, 0.3) is 6.08 Å². The summed E-state index contributed by atoms with van der Waals surface area (Å²) in [6, 6.07) is 3.79. The molecule has 4 heteroatoms. The molecule has 0 spiro atoms. The molecule has 0 unspecified atom stereocenters. The highest BCUT2D eigenvalue weighted by molar-refractivity contribution is 5.78. The number of hydrogen-bond acceptors (Lipinski definition) is 3. The van der Waals surface area contributed by atoms with E-state index in [1.165, 1.54) is 0 Å². The summed E-state index contributed by atoms with van der Waals surface area (Å²) in [4.78, 5) is 18.0. The monoisotopic (exact) mass is 232 g/mol. The predicted molar refractivity (Wildman–Crippen MR) is 65.4 cm³/mol. The molecule has 1 saturated heterocycles. The summed E-state index contributed by atoms with van der Waals surface area (Å²) < 4.78 is 5.21. The largest absolute Gasteiger partial charge is 0.378 e. The van der Waals surface area contributed by atoms with Crippen LogP contribution in [-0.4, -0.2) is 42.1 Å². The molecule has 4 nitrogen and oxygen atoms in total. The Balaban J connectivity index is 1.94. The first-order chi connectivity index (χ1) is 8.29. The van der Waals surface area contributed by atoms with Gasteiger partial charge in [0.05, 0.1) is 19.6 Å². The second kappa shape index (κ2) is 5.59. The number of carbonyl (C=O) groups is 1. The number of hydrogen-bond donors (Lipinski definition) is 0. The van der Waals surface area contributed by atoms with Crippen molar-refractivity contribution in [3.63, 3.8) is 0 Å². The summed E-state index contributed by atoms with van der Waals surface area (Å²) in [6.07, 6.45) is 3.83. The summed E-state index contributed by atoms with van der Waals surface area (Å²) in [5.74, 6) is 0.118. The molecule has 1 aliphatic heterocycles. The molecule has 90 valence electrons. The average Bonchev–Trinajstić information content (AvgIpc) is 2.40. The molecule has 0 atom stereocenters. The third-order valence-electron chi connectivity index (χ3n) is 2.78. The first kappa shape index (κ1) is 11.8. The van der Waals surface area contributed by atoms with Crippen LogP contribution >= 0.6 is 0 Å². The Labute approximate surface area is 101 Å². The van der Waals surface area contributed by atoms with Crippen LogP contribution in [0.15, 0.2) is 24.9 Å². The van der Waals surface area contributed by atoms with Crippen molar-refractivity contribution in [2.75, 3.05) is 26.3 Å². The summed E-state index contributed by atoms with van der Waals surface area (Å²) in [5.41, 5.74) is 1.76. The van der Waals surface area contributed by atoms with E-state index in [4.69, 9.17) is 4.74 Å². The van der Waals surface area contributed by atoms with Crippen LogP contribution in [0.5, 0.6) is 0 Å². The van der Waals surface area contributed by atoms with Crippen molar-refractivity contribution in [3.05, 3.63) is 36.2 Å². The number of morpholine rings is 1. The van der Waals surface area contributed by atoms with E-state index in [0.717, 1.165) is 11.3 Å². The Hall–Kier alpha value is -1.68. The normalized spacial score (nSPS) is 15.6. The van der Waals surface area contributed by atoms with Crippen molar-refractivity contribution in [1.29, 1.82) is 0 Å². The van der Waals surface area contributed by atoms with Crippen molar-refractivity contribution in [2.45, 2.75) is 6.42 Å². The first-order valence-corrected chi connectivity index (χ1v) is 5.72. The zero-order valence-electron chi connectivity index (χ0n) is 9.76. The van der Waals surface area contributed by atoms with Crippen LogP contribution in [0.2, 0.25) is 0 Å². The molecule has 0 N–H and O–H groups in total. The van der Waals surface area contributed by atoms with Gasteiger partial charge in [-0.2, -0.15) is 0 Å². The summed E-state index contributed by atoms with van der Waals surface area (Å²) in [5, 5.41) is 0. The average molecular weight is 232 g/mol. The topological polar surface area (TPSA) is 42.4 Å². The molecule has 17 heavy (non-hydrogen) atoms. The highest BCUT2D eigenvalue weighted by atomic mass is 16.5. The highest BCUT2D eigenvalue weighted by Gasteiger charge is 2.17. The lowest BCUT2D eigenvalue weighted by molar-refractivity contribution is -0.134. The van der Waals surface area contributed by atoms with Gasteiger partial charge in [0.15, 0.2) is 0 Å². The van der Waals surface area contributed by atoms with Crippen LogP contribution in [0, 0.1) is 0 Å². The number of amides is 1. The quantitative estimate of drug-likeness (QED) is 0.784.